The smallest absolute Gasteiger partial charge is 0.310 e. The van der Waals surface area contributed by atoms with Gasteiger partial charge in [0.1, 0.15) is 17.6 Å². The van der Waals surface area contributed by atoms with Gasteiger partial charge in [-0.05, 0) is 73.9 Å². The minimum Gasteiger partial charge on any atom is -0.507 e. The lowest BCUT2D eigenvalue weighted by Gasteiger charge is -2.25. The number of fused-ring (bicyclic) bond motifs is 1. The molecule has 0 spiro atoms. The minimum atomic E-state index is -0.885. The van der Waals surface area contributed by atoms with E-state index >= 15 is 0 Å². The number of amides is 1. The number of pyridine rings is 1. The lowest BCUT2D eigenvalue weighted by Crippen LogP contribution is -2.29. The van der Waals surface area contributed by atoms with Crippen molar-refractivity contribution < 1.29 is 29.0 Å². The van der Waals surface area contributed by atoms with Gasteiger partial charge in [-0.15, -0.1) is 0 Å². The van der Waals surface area contributed by atoms with Crippen LogP contribution in [0.1, 0.15) is 49.1 Å². The zero-order valence-electron chi connectivity index (χ0n) is 21.4. The fourth-order valence-corrected chi connectivity index (χ4v) is 4.92. The van der Waals surface area contributed by atoms with Crippen molar-refractivity contribution in [2.24, 2.45) is 0 Å². The van der Waals surface area contributed by atoms with E-state index in [0.29, 0.717) is 28.8 Å². The average molecular weight is 513 g/mol. The van der Waals surface area contributed by atoms with Crippen molar-refractivity contribution >= 4 is 29.1 Å². The SMILES string of the molecule is CC(C)OC(=O)Cc1ccc(N2C(=O)C(=O)/C(=C(\O)c3ccc4c(c3)CC(C)O4)C2c2cccnc2)cc1. The molecular formula is C30H28N2O6. The summed E-state index contributed by atoms with van der Waals surface area (Å²) in [5.41, 5.74) is 3.10. The number of esters is 1. The maximum atomic E-state index is 13.4. The number of aliphatic hydroxyl groups is 1. The average Bonchev–Trinajstić information content (AvgIpc) is 3.39. The number of rotatable bonds is 6. The number of hydrogen-bond donors (Lipinski definition) is 1. The molecule has 2 aliphatic heterocycles. The van der Waals surface area contributed by atoms with E-state index < -0.39 is 17.7 Å². The van der Waals surface area contributed by atoms with Crippen LogP contribution in [0.15, 0.2) is 72.6 Å². The number of aliphatic hydroxyl groups excluding tert-OH is 1. The molecule has 8 nitrogen and oxygen atoms in total. The molecule has 194 valence electrons. The lowest BCUT2D eigenvalue weighted by atomic mass is 9.95. The molecule has 0 radical (unpaired) electrons. The number of carbonyl (C=O) groups is 3. The highest BCUT2D eigenvalue weighted by molar-refractivity contribution is 6.51. The van der Waals surface area contributed by atoms with Crippen LogP contribution in [0.5, 0.6) is 5.75 Å². The van der Waals surface area contributed by atoms with E-state index in [2.05, 4.69) is 4.98 Å². The third kappa shape index (κ3) is 4.77. The summed E-state index contributed by atoms with van der Waals surface area (Å²) < 4.78 is 11.0. The molecule has 1 fully saturated rings. The van der Waals surface area contributed by atoms with Gasteiger partial charge in [0, 0.05) is 30.1 Å². The molecule has 1 N–H and O–H groups in total. The lowest BCUT2D eigenvalue weighted by molar-refractivity contribution is -0.146. The molecule has 8 heteroatoms. The Kier molecular flexibility index (Phi) is 6.72. The van der Waals surface area contributed by atoms with Gasteiger partial charge in [-0.2, -0.15) is 0 Å². The van der Waals surface area contributed by atoms with E-state index in [-0.39, 0.29) is 35.9 Å². The molecule has 2 unspecified atom stereocenters. The number of aromatic nitrogens is 1. The molecule has 5 rings (SSSR count). The van der Waals surface area contributed by atoms with E-state index in [1.165, 1.54) is 4.90 Å². The highest BCUT2D eigenvalue weighted by atomic mass is 16.5. The van der Waals surface area contributed by atoms with Crippen LogP contribution in [-0.2, 0) is 32.0 Å². The van der Waals surface area contributed by atoms with Gasteiger partial charge >= 0.3 is 5.97 Å². The summed E-state index contributed by atoms with van der Waals surface area (Å²) in [4.78, 5) is 44.3. The molecule has 0 saturated carbocycles. The van der Waals surface area contributed by atoms with Gasteiger partial charge in [-0.3, -0.25) is 24.3 Å². The summed E-state index contributed by atoms with van der Waals surface area (Å²) in [5.74, 6) is -1.40. The Labute approximate surface area is 220 Å². The standard InChI is InChI=1S/C30H28N2O6/c1-17(2)37-25(33)14-19-6-9-23(10-7-19)32-27(21-5-4-12-31-16-21)26(29(35)30(32)36)28(34)20-8-11-24-22(15-20)13-18(3)38-24/h4-12,15-18,27,34H,13-14H2,1-3H3/b28-26-. The quantitative estimate of drug-likeness (QED) is 0.224. The number of Topliss-reactive ketones (excluding diaryl/α,β-unsaturated/α-hetero) is 1. The van der Waals surface area contributed by atoms with Crippen molar-refractivity contribution in [2.45, 2.75) is 51.9 Å². The topological polar surface area (TPSA) is 106 Å². The zero-order valence-corrected chi connectivity index (χ0v) is 21.4. The van der Waals surface area contributed by atoms with Crippen LogP contribution in [0.3, 0.4) is 0 Å². The largest absolute Gasteiger partial charge is 0.507 e. The van der Waals surface area contributed by atoms with Gasteiger partial charge in [0.15, 0.2) is 0 Å². The van der Waals surface area contributed by atoms with Crippen LogP contribution in [0.2, 0.25) is 0 Å². The number of benzene rings is 2. The van der Waals surface area contributed by atoms with Gasteiger partial charge in [0.05, 0.1) is 24.1 Å². The second-order valence-electron chi connectivity index (χ2n) is 9.79. The van der Waals surface area contributed by atoms with Crippen LogP contribution < -0.4 is 9.64 Å². The van der Waals surface area contributed by atoms with Gasteiger partial charge in [-0.1, -0.05) is 18.2 Å². The molecule has 0 bridgehead atoms. The number of carbonyl (C=O) groups excluding carboxylic acids is 3. The Balaban J connectivity index is 1.54. The number of hydrogen-bond acceptors (Lipinski definition) is 7. The third-order valence-electron chi connectivity index (χ3n) is 6.54. The van der Waals surface area contributed by atoms with E-state index in [9.17, 15) is 19.5 Å². The first-order valence-electron chi connectivity index (χ1n) is 12.5. The molecule has 0 aliphatic carbocycles. The maximum absolute atomic E-state index is 13.4. The summed E-state index contributed by atoms with van der Waals surface area (Å²) in [6.07, 6.45) is 3.76. The summed E-state index contributed by atoms with van der Waals surface area (Å²) in [7, 11) is 0. The second kappa shape index (κ2) is 10.1. The molecule has 1 amide bonds. The summed E-state index contributed by atoms with van der Waals surface area (Å²) in [6, 6.07) is 14.6. The van der Waals surface area contributed by atoms with Crippen molar-refractivity contribution in [2.75, 3.05) is 4.90 Å². The van der Waals surface area contributed by atoms with Gasteiger partial charge < -0.3 is 14.6 Å². The van der Waals surface area contributed by atoms with Crippen LogP contribution in [0, 0.1) is 0 Å². The Bertz CT molecular complexity index is 1430. The van der Waals surface area contributed by atoms with E-state index in [1.807, 2.05) is 6.92 Å². The summed E-state index contributed by atoms with van der Waals surface area (Å²) >= 11 is 0. The van der Waals surface area contributed by atoms with E-state index in [0.717, 1.165) is 11.3 Å². The van der Waals surface area contributed by atoms with Crippen molar-refractivity contribution in [1.82, 2.24) is 4.98 Å². The van der Waals surface area contributed by atoms with Gasteiger partial charge in [0.25, 0.3) is 11.7 Å². The van der Waals surface area contributed by atoms with E-state index in [1.54, 1.807) is 80.8 Å². The first-order chi connectivity index (χ1) is 18.2. The number of anilines is 1. The Morgan fingerprint density at radius 3 is 2.61 bits per heavy atom. The minimum absolute atomic E-state index is 0.0144. The highest BCUT2D eigenvalue weighted by Crippen LogP contribution is 2.42. The molecule has 3 heterocycles. The van der Waals surface area contributed by atoms with Crippen LogP contribution in [0.25, 0.3) is 5.76 Å². The van der Waals surface area contributed by atoms with Crippen LogP contribution in [0.4, 0.5) is 5.69 Å². The number of nitrogens with zero attached hydrogens (tertiary/aromatic N) is 2. The van der Waals surface area contributed by atoms with Gasteiger partial charge in [0.2, 0.25) is 0 Å². The molecule has 1 saturated heterocycles. The van der Waals surface area contributed by atoms with Crippen LogP contribution >= 0.6 is 0 Å². The van der Waals surface area contributed by atoms with E-state index in [4.69, 9.17) is 9.47 Å². The van der Waals surface area contributed by atoms with Crippen molar-refractivity contribution in [3.8, 4) is 5.75 Å². The predicted octanol–water partition coefficient (Wildman–Crippen LogP) is 4.53. The molecule has 2 aromatic carbocycles. The highest BCUT2D eigenvalue weighted by Gasteiger charge is 2.47. The fraction of sp³-hybridized carbons (Fsp3) is 0.267. The van der Waals surface area contributed by atoms with Gasteiger partial charge in [-0.25, -0.2) is 0 Å². The summed E-state index contributed by atoms with van der Waals surface area (Å²) in [6.45, 7) is 5.53. The molecule has 38 heavy (non-hydrogen) atoms. The Hall–Kier alpha value is -4.46. The molecule has 1 aromatic heterocycles. The van der Waals surface area contributed by atoms with Crippen molar-refractivity contribution in [3.05, 3.63) is 94.8 Å². The molecule has 3 aromatic rings. The molecular weight excluding hydrogens is 484 g/mol. The second-order valence-corrected chi connectivity index (χ2v) is 9.79. The third-order valence-corrected chi connectivity index (χ3v) is 6.54. The Morgan fingerprint density at radius 2 is 1.92 bits per heavy atom. The maximum Gasteiger partial charge on any atom is 0.310 e. The molecule has 2 aliphatic rings. The van der Waals surface area contributed by atoms with Crippen molar-refractivity contribution in [3.63, 3.8) is 0 Å². The molecule has 2 atom stereocenters. The van der Waals surface area contributed by atoms with Crippen molar-refractivity contribution in [1.29, 1.82) is 0 Å². The number of ketones is 1. The first kappa shape index (κ1) is 25.2. The zero-order chi connectivity index (χ0) is 27.0. The van der Waals surface area contributed by atoms with Crippen LogP contribution in [-0.4, -0.2) is 40.0 Å². The number of ether oxygens (including phenoxy) is 2. The first-order valence-corrected chi connectivity index (χ1v) is 12.5. The summed E-state index contributed by atoms with van der Waals surface area (Å²) in [5, 5.41) is 11.4. The predicted molar refractivity (Wildman–Crippen MR) is 141 cm³/mol. The Morgan fingerprint density at radius 1 is 1.16 bits per heavy atom. The monoisotopic (exact) mass is 512 g/mol. The fourth-order valence-electron chi connectivity index (χ4n) is 4.92. The normalized spacial score (nSPS) is 19.9.